The molecule has 0 amide bonds. The van der Waals surface area contributed by atoms with Gasteiger partial charge in [-0.25, -0.2) is 22.5 Å². The minimum Gasteiger partial charge on any atom is -0.241 e. The molecule has 0 radical (unpaired) electrons. The maximum atomic E-state index is 13.3. The molecule has 0 spiro atoms. The summed E-state index contributed by atoms with van der Waals surface area (Å²) < 4.78 is 41.2. The Hall–Kier alpha value is -2.09. The molecule has 0 saturated carbocycles. The van der Waals surface area contributed by atoms with Crippen molar-refractivity contribution in [3.8, 4) is 10.6 Å². The van der Waals surface area contributed by atoms with Crippen LogP contribution in [-0.4, -0.2) is 19.9 Å². The van der Waals surface area contributed by atoms with Crippen LogP contribution in [0.25, 0.3) is 10.6 Å². The number of hydrogen-bond acceptors (Lipinski definition) is 4. The topological polar surface area (TPSA) is 59.1 Å². The molecule has 27 heavy (non-hydrogen) atoms. The Morgan fingerprint density at radius 3 is 2.56 bits per heavy atom. The van der Waals surface area contributed by atoms with Crippen LogP contribution in [0.2, 0.25) is 0 Å². The molecule has 3 aromatic rings. The normalized spacial score (nSPS) is 11.7. The van der Waals surface area contributed by atoms with Gasteiger partial charge in [-0.05, 0) is 55.7 Å². The Balaban J connectivity index is 1.67. The largest absolute Gasteiger partial charge is 0.241 e. The van der Waals surface area contributed by atoms with E-state index in [0.717, 1.165) is 33.0 Å². The van der Waals surface area contributed by atoms with E-state index in [1.165, 1.54) is 23.5 Å². The molecule has 1 aromatic heterocycles. The first-order chi connectivity index (χ1) is 12.8. The SMILES string of the molecule is Cc1cc(C)c(S(=O)(=O)NCCc2csc(-c3cccc(F)c3)n2)cc1C. The molecule has 0 aliphatic heterocycles. The molecule has 2 aromatic carbocycles. The molecule has 0 atom stereocenters. The van der Waals surface area contributed by atoms with Gasteiger partial charge in [0.2, 0.25) is 10.0 Å². The van der Waals surface area contributed by atoms with E-state index >= 15 is 0 Å². The predicted octanol–water partition coefficient (Wildman–Crippen LogP) is 4.40. The molecule has 0 aliphatic carbocycles. The number of hydrogen-bond donors (Lipinski definition) is 1. The number of benzene rings is 2. The Labute approximate surface area is 163 Å². The van der Waals surface area contributed by atoms with Crippen molar-refractivity contribution < 1.29 is 12.8 Å². The lowest BCUT2D eigenvalue weighted by atomic mass is 10.1. The predicted molar refractivity (Wildman–Crippen MR) is 107 cm³/mol. The second-order valence-electron chi connectivity index (χ2n) is 6.50. The number of nitrogens with one attached hydrogen (secondary N) is 1. The molecule has 1 N–H and O–H groups in total. The van der Waals surface area contributed by atoms with E-state index in [0.29, 0.717) is 11.3 Å². The zero-order valence-corrected chi connectivity index (χ0v) is 17.0. The molecule has 142 valence electrons. The van der Waals surface area contributed by atoms with E-state index < -0.39 is 10.0 Å². The number of aromatic nitrogens is 1. The van der Waals surface area contributed by atoms with Gasteiger partial charge < -0.3 is 0 Å². The number of halogens is 1. The molecular formula is C20H21FN2O2S2. The summed E-state index contributed by atoms with van der Waals surface area (Å²) in [7, 11) is -3.58. The molecule has 3 rings (SSSR count). The summed E-state index contributed by atoms with van der Waals surface area (Å²) in [6.07, 6.45) is 0.467. The van der Waals surface area contributed by atoms with Crippen molar-refractivity contribution in [1.29, 1.82) is 0 Å². The highest BCUT2D eigenvalue weighted by atomic mass is 32.2. The van der Waals surface area contributed by atoms with Gasteiger partial charge in [0.05, 0.1) is 10.6 Å². The molecule has 7 heteroatoms. The van der Waals surface area contributed by atoms with Gasteiger partial charge in [-0.1, -0.05) is 18.2 Å². The lowest BCUT2D eigenvalue weighted by molar-refractivity contribution is 0.580. The number of rotatable bonds is 6. The molecule has 0 aliphatic rings. The van der Waals surface area contributed by atoms with Crippen LogP contribution in [0.3, 0.4) is 0 Å². The van der Waals surface area contributed by atoms with E-state index in [4.69, 9.17) is 0 Å². The Morgan fingerprint density at radius 2 is 1.81 bits per heavy atom. The van der Waals surface area contributed by atoms with Crippen LogP contribution < -0.4 is 4.72 Å². The summed E-state index contributed by atoms with van der Waals surface area (Å²) in [5.74, 6) is -0.305. The van der Waals surface area contributed by atoms with Gasteiger partial charge >= 0.3 is 0 Å². The van der Waals surface area contributed by atoms with Crippen molar-refractivity contribution in [2.45, 2.75) is 32.1 Å². The Bertz CT molecular complexity index is 1080. The summed E-state index contributed by atoms with van der Waals surface area (Å²) in [6.45, 7) is 5.91. The maximum Gasteiger partial charge on any atom is 0.240 e. The van der Waals surface area contributed by atoms with Crippen molar-refractivity contribution in [3.63, 3.8) is 0 Å². The van der Waals surface area contributed by atoms with Crippen molar-refractivity contribution in [2.24, 2.45) is 0 Å². The smallest absolute Gasteiger partial charge is 0.240 e. The lowest BCUT2D eigenvalue weighted by Crippen LogP contribution is -2.26. The van der Waals surface area contributed by atoms with E-state index in [1.807, 2.05) is 25.3 Å². The van der Waals surface area contributed by atoms with Crippen LogP contribution in [0, 0.1) is 26.6 Å². The first kappa shape index (κ1) is 19.7. The highest BCUT2D eigenvalue weighted by molar-refractivity contribution is 7.89. The van der Waals surface area contributed by atoms with Crippen LogP contribution in [-0.2, 0) is 16.4 Å². The second-order valence-corrected chi connectivity index (χ2v) is 9.10. The second kappa shape index (κ2) is 7.88. The first-order valence-corrected chi connectivity index (χ1v) is 10.9. The standard InChI is InChI=1S/C20H21FN2O2S2/c1-13-9-15(3)19(10-14(13)2)27(24,25)22-8-7-18-12-26-20(23-18)16-5-4-6-17(21)11-16/h4-6,9-12,22H,7-8H2,1-3H3. The maximum absolute atomic E-state index is 13.3. The van der Waals surface area contributed by atoms with Crippen LogP contribution in [0.4, 0.5) is 4.39 Å². The summed E-state index contributed by atoms with van der Waals surface area (Å²) in [5, 5.41) is 2.59. The first-order valence-electron chi connectivity index (χ1n) is 8.54. The Kier molecular flexibility index (Phi) is 5.74. The van der Waals surface area contributed by atoms with E-state index in [2.05, 4.69) is 9.71 Å². The minimum atomic E-state index is -3.58. The van der Waals surface area contributed by atoms with Crippen molar-refractivity contribution in [3.05, 3.63) is 70.0 Å². The lowest BCUT2D eigenvalue weighted by Gasteiger charge is -2.11. The molecule has 1 heterocycles. The van der Waals surface area contributed by atoms with Gasteiger partial charge in [-0.3, -0.25) is 0 Å². The fourth-order valence-electron chi connectivity index (χ4n) is 2.79. The number of nitrogens with zero attached hydrogens (tertiary/aromatic N) is 1. The van der Waals surface area contributed by atoms with Gasteiger partial charge in [-0.15, -0.1) is 11.3 Å². The highest BCUT2D eigenvalue weighted by Crippen LogP contribution is 2.24. The van der Waals surface area contributed by atoms with Gasteiger partial charge in [0.25, 0.3) is 0 Å². The quantitative estimate of drug-likeness (QED) is 0.663. The fourth-order valence-corrected chi connectivity index (χ4v) is 4.98. The van der Waals surface area contributed by atoms with Gasteiger partial charge in [-0.2, -0.15) is 0 Å². The Morgan fingerprint density at radius 1 is 1.07 bits per heavy atom. The van der Waals surface area contributed by atoms with Crippen molar-refractivity contribution in [2.75, 3.05) is 6.54 Å². The summed E-state index contributed by atoms with van der Waals surface area (Å²) in [6, 6.07) is 9.87. The van der Waals surface area contributed by atoms with Crippen LogP contribution in [0.1, 0.15) is 22.4 Å². The number of sulfonamides is 1. The van der Waals surface area contributed by atoms with Crippen LogP contribution in [0.15, 0.2) is 46.7 Å². The summed E-state index contributed by atoms with van der Waals surface area (Å²) >= 11 is 1.42. The molecule has 4 nitrogen and oxygen atoms in total. The third-order valence-corrected chi connectivity index (χ3v) is 6.92. The molecule has 0 unspecified atom stereocenters. The van der Waals surface area contributed by atoms with Gasteiger partial charge in [0.1, 0.15) is 10.8 Å². The van der Waals surface area contributed by atoms with E-state index in [-0.39, 0.29) is 12.4 Å². The van der Waals surface area contributed by atoms with Gasteiger partial charge in [0.15, 0.2) is 0 Å². The zero-order chi connectivity index (χ0) is 19.6. The van der Waals surface area contributed by atoms with E-state index in [9.17, 15) is 12.8 Å². The van der Waals surface area contributed by atoms with Gasteiger partial charge in [0, 0.05) is 23.9 Å². The zero-order valence-electron chi connectivity index (χ0n) is 15.4. The highest BCUT2D eigenvalue weighted by Gasteiger charge is 2.17. The monoisotopic (exact) mass is 404 g/mol. The van der Waals surface area contributed by atoms with Crippen LogP contribution >= 0.6 is 11.3 Å². The summed E-state index contributed by atoms with van der Waals surface area (Å²) in [4.78, 5) is 4.78. The van der Waals surface area contributed by atoms with E-state index in [1.54, 1.807) is 25.1 Å². The molecule has 0 saturated heterocycles. The summed E-state index contributed by atoms with van der Waals surface area (Å²) in [5.41, 5.74) is 4.24. The number of aryl methyl sites for hydroxylation is 3. The molecule has 0 bridgehead atoms. The third-order valence-electron chi connectivity index (χ3n) is 4.38. The minimum absolute atomic E-state index is 0.251. The average Bonchev–Trinajstić information content (AvgIpc) is 3.07. The van der Waals surface area contributed by atoms with Crippen molar-refractivity contribution in [1.82, 2.24) is 9.71 Å². The van der Waals surface area contributed by atoms with Crippen molar-refractivity contribution >= 4 is 21.4 Å². The number of thiazole rings is 1. The average molecular weight is 405 g/mol. The third kappa shape index (κ3) is 4.61. The molecule has 0 fully saturated rings. The molecular weight excluding hydrogens is 383 g/mol. The fraction of sp³-hybridized carbons (Fsp3) is 0.250. The van der Waals surface area contributed by atoms with Crippen LogP contribution in [0.5, 0.6) is 0 Å².